The molecule has 27 heavy (non-hydrogen) atoms. The lowest BCUT2D eigenvalue weighted by atomic mass is 10.1. The number of nitrogens with one attached hydrogen (secondary N) is 2. The predicted octanol–water partition coefficient (Wildman–Crippen LogP) is 3.19. The summed E-state index contributed by atoms with van der Waals surface area (Å²) in [5, 5.41) is 25.0. The summed E-state index contributed by atoms with van der Waals surface area (Å²) in [6.45, 7) is 0. The van der Waals surface area contributed by atoms with Crippen LogP contribution in [0.1, 0.15) is 20.7 Å². The van der Waals surface area contributed by atoms with E-state index in [0.29, 0.717) is 10.2 Å². The molecule has 2 rings (SSSR count). The van der Waals surface area contributed by atoms with Crippen LogP contribution in [0, 0.1) is 10.1 Å². The van der Waals surface area contributed by atoms with Crippen LogP contribution in [0.5, 0.6) is 5.75 Å². The molecule has 0 saturated heterocycles. The summed E-state index contributed by atoms with van der Waals surface area (Å²) in [6.07, 6.45) is 0. The van der Waals surface area contributed by atoms with Gasteiger partial charge in [-0.2, -0.15) is 0 Å². The SMILES string of the molecule is COc1ccc(C(=O)NC(=S)Nc2cc(C(=O)O)ccc2Br)cc1[N+](=O)[O-]. The van der Waals surface area contributed by atoms with Crippen molar-refractivity contribution in [3.05, 3.63) is 62.1 Å². The number of hydrogen-bond acceptors (Lipinski definition) is 6. The van der Waals surface area contributed by atoms with Crippen molar-refractivity contribution in [3.8, 4) is 5.75 Å². The van der Waals surface area contributed by atoms with Gasteiger partial charge in [0.2, 0.25) is 0 Å². The molecule has 0 aliphatic heterocycles. The first-order valence-corrected chi connectivity index (χ1v) is 8.40. The van der Waals surface area contributed by atoms with E-state index in [-0.39, 0.29) is 27.7 Å². The van der Waals surface area contributed by atoms with Crippen molar-refractivity contribution in [3.63, 3.8) is 0 Å². The smallest absolute Gasteiger partial charge is 0.335 e. The lowest BCUT2D eigenvalue weighted by Crippen LogP contribution is -2.34. The lowest BCUT2D eigenvalue weighted by molar-refractivity contribution is -0.385. The Morgan fingerprint density at radius 1 is 1.22 bits per heavy atom. The highest BCUT2D eigenvalue weighted by Crippen LogP contribution is 2.27. The number of carboxylic acids is 1. The van der Waals surface area contributed by atoms with Crippen molar-refractivity contribution in [2.75, 3.05) is 12.4 Å². The van der Waals surface area contributed by atoms with Gasteiger partial charge in [0.05, 0.1) is 23.3 Å². The number of nitro groups is 1. The van der Waals surface area contributed by atoms with Crippen molar-refractivity contribution in [2.24, 2.45) is 0 Å². The molecule has 0 aliphatic rings. The average Bonchev–Trinajstić information content (AvgIpc) is 2.62. The molecular weight excluding hydrogens is 442 g/mol. The molecule has 0 bridgehead atoms. The summed E-state index contributed by atoms with van der Waals surface area (Å²) in [6, 6.07) is 7.97. The summed E-state index contributed by atoms with van der Waals surface area (Å²) in [5.74, 6) is -1.78. The summed E-state index contributed by atoms with van der Waals surface area (Å²) >= 11 is 8.29. The molecule has 0 aliphatic carbocycles. The Kier molecular flexibility index (Phi) is 6.42. The van der Waals surface area contributed by atoms with E-state index in [2.05, 4.69) is 26.6 Å². The standard InChI is InChI=1S/C16H12BrN3O6S/c1-26-13-5-3-8(7-12(13)20(24)25)14(21)19-16(27)18-11-6-9(15(22)23)2-4-10(11)17/h2-7H,1H3,(H,22,23)(H2,18,19,21,27). The number of carbonyl (C=O) groups is 2. The Morgan fingerprint density at radius 2 is 1.89 bits per heavy atom. The van der Waals surface area contributed by atoms with E-state index in [1.165, 1.54) is 37.4 Å². The number of carboxylic acid groups (broad SMARTS) is 1. The third-order valence-electron chi connectivity index (χ3n) is 3.33. The summed E-state index contributed by atoms with van der Waals surface area (Å²) in [5.41, 5.74) is 0.00690. The molecule has 0 saturated carbocycles. The van der Waals surface area contributed by atoms with Crippen LogP contribution in [0.4, 0.5) is 11.4 Å². The zero-order valence-electron chi connectivity index (χ0n) is 13.7. The average molecular weight is 454 g/mol. The number of aromatic carboxylic acids is 1. The lowest BCUT2D eigenvalue weighted by Gasteiger charge is -2.12. The van der Waals surface area contributed by atoms with E-state index >= 15 is 0 Å². The highest BCUT2D eigenvalue weighted by Gasteiger charge is 2.19. The Bertz CT molecular complexity index is 950. The van der Waals surface area contributed by atoms with E-state index in [0.717, 1.165) is 6.07 Å². The number of methoxy groups -OCH3 is 1. The molecule has 2 aromatic rings. The van der Waals surface area contributed by atoms with Crippen LogP contribution in [0.2, 0.25) is 0 Å². The van der Waals surface area contributed by atoms with E-state index < -0.39 is 16.8 Å². The van der Waals surface area contributed by atoms with Crippen molar-refractivity contribution in [2.45, 2.75) is 0 Å². The van der Waals surface area contributed by atoms with Crippen LogP contribution in [-0.4, -0.2) is 34.1 Å². The molecule has 0 unspecified atom stereocenters. The number of benzene rings is 2. The molecular formula is C16H12BrN3O6S. The maximum atomic E-state index is 12.3. The van der Waals surface area contributed by atoms with Crippen LogP contribution in [0.3, 0.4) is 0 Å². The first-order valence-electron chi connectivity index (χ1n) is 7.20. The number of nitro benzene ring substituents is 1. The van der Waals surface area contributed by atoms with E-state index in [1.54, 1.807) is 0 Å². The van der Waals surface area contributed by atoms with Gasteiger partial charge in [-0.25, -0.2) is 4.79 Å². The molecule has 0 atom stereocenters. The number of hydrogen-bond donors (Lipinski definition) is 3. The second kappa shape index (κ2) is 8.56. The van der Waals surface area contributed by atoms with Gasteiger partial charge in [0.25, 0.3) is 5.91 Å². The van der Waals surface area contributed by atoms with Crippen molar-refractivity contribution in [1.82, 2.24) is 5.32 Å². The topological polar surface area (TPSA) is 131 Å². The number of thiocarbonyl (C=S) groups is 1. The van der Waals surface area contributed by atoms with E-state index in [9.17, 15) is 19.7 Å². The molecule has 9 nitrogen and oxygen atoms in total. The minimum absolute atomic E-state index is 0.00463. The minimum atomic E-state index is -1.12. The molecule has 0 aromatic heterocycles. The monoisotopic (exact) mass is 453 g/mol. The highest BCUT2D eigenvalue weighted by molar-refractivity contribution is 9.10. The van der Waals surface area contributed by atoms with Gasteiger partial charge in [0.15, 0.2) is 10.9 Å². The Labute approximate surface area is 166 Å². The number of halogens is 1. The van der Waals surface area contributed by atoms with Crippen molar-refractivity contribution >= 4 is 56.5 Å². The third-order valence-corrected chi connectivity index (χ3v) is 4.22. The third kappa shape index (κ3) is 4.99. The number of amides is 1. The maximum absolute atomic E-state index is 12.3. The second-order valence-electron chi connectivity index (χ2n) is 5.05. The van der Waals surface area contributed by atoms with Gasteiger partial charge < -0.3 is 15.2 Å². The second-order valence-corrected chi connectivity index (χ2v) is 6.31. The van der Waals surface area contributed by atoms with Crippen molar-refractivity contribution < 1.29 is 24.4 Å². The molecule has 0 heterocycles. The fraction of sp³-hybridized carbons (Fsp3) is 0.0625. The van der Waals surface area contributed by atoms with Crippen molar-refractivity contribution in [1.29, 1.82) is 0 Å². The number of anilines is 1. The zero-order valence-corrected chi connectivity index (χ0v) is 16.1. The zero-order chi connectivity index (χ0) is 20.1. The fourth-order valence-electron chi connectivity index (χ4n) is 2.06. The van der Waals surface area contributed by atoms with Gasteiger partial charge in [-0.05, 0) is 58.5 Å². The van der Waals surface area contributed by atoms with E-state index in [4.69, 9.17) is 22.1 Å². The number of nitrogens with zero attached hydrogens (tertiary/aromatic N) is 1. The van der Waals surface area contributed by atoms with E-state index in [1.807, 2.05) is 0 Å². The molecule has 140 valence electrons. The van der Waals surface area contributed by atoms with Crippen LogP contribution in [0.25, 0.3) is 0 Å². The van der Waals surface area contributed by atoms with Crippen LogP contribution < -0.4 is 15.4 Å². The predicted molar refractivity (Wildman–Crippen MR) is 104 cm³/mol. The minimum Gasteiger partial charge on any atom is -0.490 e. The summed E-state index contributed by atoms with van der Waals surface area (Å²) < 4.78 is 5.41. The molecule has 0 radical (unpaired) electrons. The van der Waals surface area contributed by atoms with Crippen LogP contribution >= 0.6 is 28.1 Å². The Morgan fingerprint density at radius 3 is 2.48 bits per heavy atom. The number of ether oxygens (including phenoxy) is 1. The first-order chi connectivity index (χ1) is 12.7. The van der Waals surface area contributed by atoms with Gasteiger partial charge in [-0.1, -0.05) is 0 Å². The molecule has 11 heteroatoms. The normalized spacial score (nSPS) is 10.0. The Hall–Kier alpha value is -3.05. The first kappa shape index (κ1) is 20.3. The molecule has 2 aromatic carbocycles. The fourth-order valence-corrected chi connectivity index (χ4v) is 2.61. The van der Waals surface area contributed by atoms with Gasteiger partial charge in [0.1, 0.15) is 0 Å². The molecule has 3 N–H and O–H groups in total. The number of rotatable bonds is 5. The summed E-state index contributed by atoms with van der Waals surface area (Å²) in [7, 11) is 1.28. The van der Waals surface area contributed by atoms with Gasteiger partial charge >= 0.3 is 11.7 Å². The quantitative estimate of drug-likeness (QED) is 0.357. The molecule has 0 fully saturated rings. The largest absolute Gasteiger partial charge is 0.490 e. The van der Waals surface area contributed by atoms with Gasteiger partial charge in [0, 0.05) is 16.1 Å². The number of carbonyl (C=O) groups excluding carboxylic acids is 1. The maximum Gasteiger partial charge on any atom is 0.335 e. The molecule has 1 amide bonds. The highest BCUT2D eigenvalue weighted by atomic mass is 79.9. The summed E-state index contributed by atoms with van der Waals surface area (Å²) in [4.78, 5) is 33.7. The van der Waals surface area contributed by atoms with Gasteiger partial charge in [-0.3, -0.25) is 20.2 Å². The van der Waals surface area contributed by atoms with Gasteiger partial charge in [-0.15, -0.1) is 0 Å². The Balaban J connectivity index is 2.16. The van der Waals surface area contributed by atoms with Crippen LogP contribution in [-0.2, 0) is 0 Å². The van der Waals surface area contributed by atoms with Crippen LogP contribution in [0.15, 0.2) is 40.9 Å². The molecule has 0 spiro atoms.